The molecule has 0 fully saturated rings. The van der Waals surface area contributed by atoms with E-state index < -0.39 is 0 Å². The average molecular weight is 249 g/mol. The fourth-order valence-corrected chi connectivity index (χ4v) is 1.87. The molecule has 19 heavy (non-hydrogen) atoms. The van der Waals surface area contributed by atoms with Crippen molar-refractivity contribution < 1.29 is 0 Å². The number of aryl methyl sites for hydroxylation is 1. The summed E-state index contributed by atoms with van der Waals surface area (Å²) >= 11 is 0. The van der Waals surface area contributed by atoms with Crippen LogP contribution >= 0.6 is 0 Å². The van der Waals surface area contributed by atoms with Gasteiger partial charge < -0.3 is 5.32 Å². The number of nitrogens with one attached hydrogen (secondary N) is 1. The van der Waals surface area contributed by atoms with Crippen molar-refractivity contribution in [3.8, 4) is 11.8 Å². The van der Waals surface area contributed by atoms with Crippen LogP contribution in [0.25, 0.3) is 0 Å². The molecule has 2 aromatic rings. The van der Waals surface area contributed by atoms with Gasteiger partial charge in [-0.3, -0.25) is 0 Å². The summed E-state index contributed by atoms with van der Waals surface area (Å²) < 4.78 is 0. The Morgan fingerprint density at radius 3 is 2.05 bits per heavy atom. The molecular formula is C18H19N. The summed E-state index contributed by atoms with van der Waals surface area (Å²) in [7, 11) is 0. The third-order valence-corrected chi connectivity index (χ3v) is 2.89. The van der Waals surface area contributed by atoms with E-state index in [0.29, 0.717) is 0 Å². The van der Waals surface area contributed by atoms with Crippen LogP contribution in [0.3, 0.4) is 0 Å². The minimum Gasteiger partial charge on any atom is -0.302 e. The maximum atomic E-state index is 3.33. The Morgan fingerprint density at radius 2 is 1.37 bits per heavy atom. The minimum absolute atomic E-state index is 0.754. The van der Waals surface area contributed by atoms with Crippen molar-refractivity contribution >= 4 is 0 Å². The molecule has 0 saturated heterocycles. The fourth-order valence-electron chi connectivity index (χ4n) is 1.87. The molecule has 0 aromatic heterocycles. The molecule has 0 aliphatic carbocycles. The highest BCUT2D eigenvalue weighted by Gasteiger charge is 1.89. The molecule has 0 amide bonds. The normalized spacial score (nSPS) is 9.68. The van der Waals surface area contributed by atoms with Crippen molar-refractivity contribution in [1.29, 1.82) is 0 Å². The summed E-state index contributed by atoms with van der Waals surface area (Å²) in [5.74, 6) is 6.37. The first kappa shape index (κ1) is 13.4. The van der Waals surface area contributed by atoms with E-state index in [4.69, 9.17) is 0 Å². The summed E-state index contributed by atoms with van der Waals surface area (Å²) in [6.45, 7) is 1.64. The second-order valence-electron chi connectivity index (χ2n) is 4.43. The van der Waals surface area contributed by atoms with E-state index in [-0.39, 0.29) is 0 Å². The maximum absolute atomic E-state index is 3.33. The van der Waals surface area contributed by atoms with Crippen LogP contribution in [0.1, 0.15) is 17.5 Å². The topological polar surface area (TPSA) is 12.0 Å². The third kappa shape index (κ3) is 5.42. The predicted octanol–water partition coefficient (Wildman–Crippen LogP) is 3.41. The standard InChI is InChI=1S/C18H19N/c1-4-10-17(11-5-1)12-8-3-9-15-19-16-18-13-6-2-7-14-18/h1-2,4-7,10-11,13-14,19H,8,12,15-16H2. The Morgan fingerprint density at radius 1 is 0.737 bits per heavy atom. The summed E-state index contributed by atoms with van der Waals surface area (Å²) in [6.07, 6.45) is 1.96. The monoisotopic (exact) mass is 249 g/mol. The van der Waals surface area contributed by atoms with Gasteiger partial charge in [0.1, 0.15) is 0 Å². The van der Waals surface area contributed by atoms with Crippen molar-refractivity contribution in [2.45, 2.75) is 19.4 Å². The Hall–Kier alpha value is -2.04. The SMILES string of the molecule is C(#CCNCc1ccccc1)CCc1ccccc1. The molecule has 1 nitrogen and oxygen atoms in total. The van der Waals surface area contributed by atoms with Gasteiger partial charge in [-0.05, 0) is 17.5 Å². The van der Waals surface area contributed by atoms with Gasteiger partial charge in [-0.25, -0.2) is 0 Å². The molecule has 0 aliphatic rings. The highest BCUT2D eigenvalue weighted by Crippen LogP contribution is 2.01. The van der Waals surface area contributed by atoms with E-state index in [1.54, 1.807) is 0 Å². The minimum atomic E-state index is 0.754. The lowest BCUT2D eigenvalue weighted by Gasteiger charge is -1.99. The fraction of sp³-hybridized carbons (Fsp3) is 0.222. The van der Waals surface area contributed by atoms with E-state index in [1.807, 2.05) is 12.1 Å². The van der Waals surface area contributed by atoms with Crippen LogP contribution in [-0.2, 0) is 13.0 Å². The van der Waals surface area contributed by atoms with Crippen molar-refractivity contribution in [2.24, 2.45) is 0 Å². The van der Waals surface area contributed by atoms with Crippen LogP contribution in [0.15, 0.2) is 60.7 Å². The number of benzene rings is 2. The largest absolute Gasteiger partial charge is 0.302 e. The summed E-state index contributed by atoms with van der Waals surface area (Å²) in [6, 6.07) is 20.9. The smallest absolute Gasteiger partial charge is 0.0579 e. The van der Waals surface area contributed by atoms with Gasteiger partial charge in [0, 0.05) is 13.0 Å². The van der Waals surface area contributed by atoms with Crippen molar-refractivity contribution in [3.05, 3.63) is 71.8 Å². The van der Waals surface area contributed by atoms with Gasteiger partial charge in [0.2, 0.25) is 0 Å². The van der Waals surface area contributed by atoms with E-state index in [9.17, 15) is 0 Å². The molecule has 1 N–H and O–H groups in total. The van der Waals surface area contributed by atoms with Crippen LogP contribution in [0, 0.1) is 11.8 Å². The molecule has 0 atom stereocenters. The van der Waals surface area contributed by atoms with Crippen molar-refractivity contribution in [1.82, 2.24) is 5.32 Å². The van der Waals surface area contributed by atoms with E-state index in [0.717, 1.165) is 25.9 Å². The second-order valence-corrected chi connectivity index (χ2v) is 4.43. The zero-order valence-electron chi connectivity index (χ0n) is 11.1. The Bertz CT molecular complexity index is 520. The van der Waals surface area contributed by atoms with E-state index >= 15 is 0 Å². The van der Waals surface area contributed by atoms with Gasteiger partial charge in [-0.15, -0.1) is 5.92 Å². The molecule has 0 saturated carbocycles. The molecule has 0 bridgehead atoms. The highest BCUT2D eigenvalue weighted by molar-refractivity contribution is 5.17. The Kier molecular flexibility index (Phi) is 5.73. The van der Waals surface area contributed by atoms with Gasteiger partial charge in [-0.1, -0.05) is 66.6 Å². The molecule has 1 heteroatoms. The van der Waals surface area contributed by atoms with E-state index in [2.05, 4.69) is 65.7 Å². The molecule has 0 spiro atoms. The molecule has 2 rings (SSSR count). The van der Waals surface area contributed by atoms with Gasteiger partial charge in [0.25, 0.3) is 0 Å². The first-order chi connectivity index (χ1) is 9.45. The van der Waals surface area contributed by atoms with Crippen molar-refractivity contribution in [3.63, 3.8) is 0 Å². The van der Waals surface area contributed by atoms with Crippen LogP contribution in [0.4, 0.5) is 0 Å². The van der Waals surface area contributed by atoms with Crippen LogP contribution in [-0.4, -0.2) is 6.54 Å². The van der Waals surface area contributed by atoms with Gasteiger partial charge >= 0.3 is 0 Å². The number of rotatable bonds is 5. The quantitative estimate of drug-likeness (QED) is 0.632. The Labute approximate surface area is 115 Å². The van der Waals surface area contributed by atoms with Crippen molar-refractivity contribution in [2.75, 3.05) is 6.54 Å². The molecule has 2 aromatic carbocycles. The zero-order chi connectivity index (χ0) is 13.2. The molecule has 0 unspecified atom stereocenters. The molecular weight excluding hydrogens is 230 g/mol. The first-order valence-electron chi connectivity index (χ1n) is 6.69. The lowest BCUT2D eigenvalue weighted by Crippen LogP contribution is -2.12. The van der Waals surface area contributed by atoms with Crippen LogP contribution in [0.5, 0.6) is 0 Å². The van der Waals surface area contributed by atoms with E-state index in [1.165, 1.54) is 11.1 Å². The first-order valence-corrected chi connectivity index (χ1v) is 6.69. The Balaban J connectivity index is 1.60. The summed E-state index contributed by atoms with van der Waals surface area (Å²) in [5, 5.41) is 3.33. The second kappa shape index (κ2) is 8.13. The lowest BCUT2D eigenvalue weighted by atomic mass is 10.1. The van der Waals surface area contributed by atoms with Crippen LogP contribution < -0.4 is 5.32 Å². The molecule has 0 radical (unpaired) electrons. The predicted molar refractivity (Wildman–Crippen MR) is 80.7 cm³/mol. The third-order valence-electron chi connectivity index (χ3n) is 2.89. The van der Waals surface area contributed by atoms with Crippen LogP contribution in [0.2, 0.25) is 0 Å². The zero-order valence-corrected chi connectivity index (χ0v) is 11.1. The maximum Gasteiger partial charge on any atom is 0.0579 e. The van der Waals surface area contributed by atoms with Gasteiger partial charge in [0.15, 0.2) is 0 Å². The lowest BCUT2D eigenvalue weighted by molar-refractivity contribution is 0.769. The van der Waals surface area contributed by atoms with Gasteiger partial charge in [-0.2, -0.15) is 0 Å². The summed E-state index contributed by atoms with van der Waals surface area (Å²) in [4.78, 5) is 0. The number of hydrogen-bond donors (Lipinski definition) is 1. The highest BCUT2D eigenvalue weighted by atomic mass is 14.8. The number of hydrogen-bond acceptors (Lipinski definition) is 1. The summed E-state index contributed by atoms with van der Waals surface area (Å²) in [5.41, 5.74) is 2.66. The molecule has 96 valence electrons. The molecule has 0 aliphatic heterocycles. The van der Waals surface area contributed by atoms with Gasteiger partial charge in [0.05, 0.1) is 6.54 Å². The molecule has 0 heterocycles. The average Bonchev–Trinajstić information content (AvgIpc) is 2.48.